The van der Waals surface area contributed by atoms with Crippen molar-refractivity contribution in [1.82, 2.24) is 14.9 Å². The molecule has 0 saturated carbocycles. The fourth-order valence-electron chi connectivity index (χ4n) is 2.84. The van der Waals surface area contributed by atoms with E-state index in [1.165, 1.54) is 6.33 Å². The SMILES string of the molecule is CCOC(=O)N1CCN(c2cc(C(=O)Nc3cccc(C#N)c3)ncn2)CC1. The summed E-state index contributed by atoms with van der Waals surface area (Å²) in [7, 11) is 0. The molecule has 1 aliphatic rings. The van der Waals surface area contributed by atoms with Gasteiger partial charge in [-0.2, -0.15) is 5.26 Å². The zero-order valence-electron chi connectivity index (χ0n) is 15.5. The standard InChI is InChI=1S/C19H20N6O3/c1-2-28-19(27)25-8-6-24(7-9-25)17-11-16(21-13-22-17)18(26)23-15-5-3-4-14(10-15)12-20/h3-5,10-11,13H,2,6-9H2,1H3,(H,23,26). The Kier molecular flexibility index (Phi) is 6.01. The highest BCUT2D eigenvalue weighted by molar-refractivity contribution is 6.03. The van der Waals surface area contributed by atoms with E-state index in [1.54, 1.807) is 42.2 Å². The van der Waals surface area contributed by atoms with Gasteiger partial charge in [-0.3, -0.25) is 4.79 Å². The van der Waals surface area contributed by atoms with Crippen LogP contribution in [0.4, 0.5) is 16.3 Å². The van der Waals surface area contributed by atoms with Crippen LogP contribution in [0.25, 0.3) is 0 Å². The lowest BCUT2D eigenvalue weighted by atomic mass is 10.2. The topological polar surface area (TPSA) is 111 Å². The van der Waals surface area contributed by atoms with E-state index in [0.717, 1.165) is 0 Å². The van der Waals surface area contributed by atoms with Gasteiger partial charge in [-0.1, -0.05) is 6.07 Å². The smallest absolute Gasteiger partial charge is 0.409 e. The Balaban J connectivity index is 1.65. The molecule has 1 fully saturated rings. The van der Waals surface area contributed by atoms with E-state index in [2.05, 4.69) is 15.3 Å². The van der Waals surface area contributed by atoms with E-state index < -0.39 is 0 Å². The molecule has 2 heterocycles. The van der Waals surface area contributed by atoms with Gasteiger partial charge in [0.2, 0.25) is 0 Å². The van der Waals surface area contributed by atoms with Crippen LogP contribution in [0.5, 0.6) is 0 Å². The number of carbonyl (C=O) groups is 2. The van der Waals surface area contributed by atoms with Gasteiger partial charge in [0, 0.05) is 37.9 Å². The van der Waals surface area contributed by atoms with Gasteiger partial charge >= 0.3 is 6.09 Å². The Morgan fingerprint density at radius 1 is 1.21 bits per heavy atom. The predicted molar refractivity (Wildman–Crippen MR) is 102 cm³/mol. The Bertz CT molecular complexity index is 903. The average Bonchev–Trinajstić information content (AvgIpc) is 2.74. The highest BCUT2D eigenvalue weighted by atomic mass is 16.6. The molecule has 2 amide bonds. The normalized spacial score (nSPS) is 13.6. The van der Waals surface area contributed by atoms with Crippen LogP contribution in [0.1, 0.15) is 23.0 Å². The molecule has 0 unspecified atom stereocenters. The molecule has 0 atom stereocenters. The van der Waals surface area contributed by atoms with Crippen molar-refractivity contribution in [2.75, 3.05) is 43.0 Å². The van der Waals surface area contributed by atoms with Gasteiger partial charge in [0.1, 0.15) is 17.8 Å². The fourth-order valence-corrected chi connectivity index (χ4v) is 2.84. The van der Waals surface area contributed by atoms with Gasteiger partial charge in [-0.25, -0.2) is 14.8 Å². The molecule has 9 nitrogen and oxygen atoms in total. The molecule has 0 bridgehead atoms. The Morgan fingerprint density at radius 3 is 2.71 bits per heavy atom. The lowest BCUT2D eigenvalue weighted by Gasteiger charge is -2.34. The third-order valence-electron chi connectivity index (χ3n) is 4.26. The molecule has 1 saturated heterocycles. The number of piperazine rings is 1. The van der Waals surface area contributed by atoms with Crippen molar-refractivity contribution in [3.8, 4) is 6.07 Å². The molecule has 3 rings (SSSR count). The molecule has 1 aromatic heterocycles. The summed E-state index contributed by atoms with van der Waals surface area (Å²) in [5, 5.41) is 11.7. The lowest BCUT2D eigenvalue weighted by molar-refractivity contribution is 0.102. The monoisotopic (exact) mass is 380 g/mol. The van der Waals surface area contributed by atoms with Gasteiger partial charge in [-0.05, 0) is 25.1 Å². The van der Waals surface area contributed by atoms with Crippen LogP contribution >= 0.6 is 0 Å². The highest BCUT2D eigenvalue weighted by Crippen LogP contribution is 2.16. The molecule has 2 aromatic rings. The third-order valence-corrected chi connectivity index (χ3v) is 4.26. The van der Waals surface area contributed by atoms with Crippen LogP contribution < -0.4 is 10.2 Å². The first-order chi connectivity index (χ1) is 13.6. The number of hydrogen-bond donors (Lipinski definition) is 1. The van der Waals surface area contributed by atoms with E-state index in [1.807, 2.05) is 11.0 Å². The summed E-state index contributed by atoms with van der Waals surface area (Å²) in [5.41, 5.74) is 1.20. The van der Waals surface area contributed by atoms with E-state index in [-0.39, 0.29) is 17.7 Å². The first kappa shape index (κ1) is 19.1. The summed E-state index contributed by atoms with van der Waals surface area (Å²) in [5.74, 6) is 0.235. The van der Waals surface area contributed by atoms with E-state index in [0.29, 0.717) is 49.9 Å². The number of nitrogens with one attached hydrogen (secondary N) is 1. The summed E-state index contributed by atoms with van der Waals surface area (Å²) in [4.78, 5) is 36.2. The number of anilines is 2. The summed E-state index contributed by atoms with van der Waals surface area (Å²) in [6.45, 7) is 4.33. The molecule has 1 aliphatic heterocycles. The molecular weight excluding hydrogens is 360 g/mol. The van der Waals surface area contributed by atoms with Gasteiger partial charge in [0.05, 0.1) is 18.2 Å². The number of nitrogens with zero attached hydrogens (tertiary/aromatic N) is 5. The highest BCUT2D eigenvalue weighted by Gasteiger charge is 2.23. The molecule has 28 heavy (non-hydrogen) atoms. The van der Waals surface area contributed by atoms with Crippen molar-refractivity contribution >= 4 is 23.5 Å². The van der Waals surface area contributed by atoms with Crippen LogP contribution in [0, 0.1) is 11.3 Å². The number of hydrogen-bond acceptors (Lipinski definition) is 7. The number of nitriles is 1. The minimum absolute atomic E-state index is 0.222. The number of carbonyl (C=O) groups excluding carboxylic acids is 2. The molecule has 1 N–H and O–H groups in total. The predicted octanol–water partition coefficient (Wildman–Crippen LogP) is 1.88. The maximum absolute atomic E-state index is 12.5. The Labute approximate surface area is 162 Å². The van der Waals surface area contributed by atoms with Crippen molar-refractivity contribution in [3.05, 3.63) is 47.9 Å². The Morgan fingerprint density at radius 2 is 2.00 bits per heavy atom. The molecule has 0 aliphatic carbocycles. The zero-order valence-corrected chi connectivity index (χ0v) is 15.5. The average molecular weight is 380 g/mol. The van der Waals surface area contributed by atoms with Crippen LogP contribution in [0.3, 0.4) is 0 Å². The molecule has 9 heteroatoms. The van der Waals surface area contributed by atoms with Crippen LogP contribution in [-0.2, 0) is 4.74 Å². The first-order valence-electron chi connectivity index (χ1n) is 8.91. The number of amides is 2. The van der Waals surface area contributed by atoms with Crippen LogP contribution in [0.2, 0.25) is 0 Å². The molecule has 1 aromatic carbocycles. The molecular formula is C19H20N6O3. The van der Waals surface area contributed by atoms with Crippen molar-refractivity contribution in [3.63, 3.8) is 0 Å². The largest absolute Gasteiger partial charge is 0.450 e. The molecule has 144 valence electrons. The summed E-state index contributed by atoms with van der Waals surface area (Å²) >= 11 is 0. The van der Waals surface area contributed by atoms with Crippen molar-refractivity contribution < 1.29 is 14.3 Å². The minimum Gasteiger partial charge on any atom is -0.450 e. The maximum Gasteiger partial charge on any atom is 0.409 e. The van der Waals surface area contributed by atoms with E-state index in [4.69, 9.17) is 10.00 Å². The van der Waals surface area contributed by atoms with E-state index >= 15 is 0 Å². The van der Waals surface area contributed by atoms with Crippen LogP contribution in [0.15, 0.2) is 36.7 Å². The fraction of sp³-hybridized carbons (Fsp3) is 0.316. The molecule has 0 radical (unpaired) electrons. The quantitative estimate of drug-likeness (QED) is 0.862. The summed E-state index contributed by atoms with van der Waals surface area (Å²) in [6, 6.07) is 10.3. The second-order valence-electron chi connectivity index (χ2n) is 6.08. The summed E-state index contributed by atoms with van der Waals surface area (Å²) in [6.07, 6.45) is 1.03. The summed E-state index contributed by atoms with van der Waals surface area (Å²) < 4.78 is 5.02. The van der Waals surface area contributed by atoms with Gasteiger partial charge in [0.25, 0.3) is 5.91 Å². The number of benzene rings is 1. The first-order valence-corrected chi connectivity index (χ1v) is 8.91. The van der Waals surface area contributed by atoms with Crippen molar-refractivity contribution in [2.24, 2.45) is 0 Å². The maximum atomic E-state index is 12.5. The number of ether oxygens (including phenoxy) is 1. The second kappa shape index (κ2) is 8.81. The lowest BCUT2D eigenvalue weighted by Crippen LogP contribution is -2.49. The van der Waals surface area contributed by atoms with Crippen LogP contribution in [-0.4, -0.2) is 59.7 Å². The molecule has 0 spiro atoms. The van der Waals surface area contributed by atoms with Gasteiger partial charge in [-0.15, -0.1) is 0 Å². The Hall–Kier alpha value is -3.67. The van der Waals surface area contributed by atoms with Gasteiger partial charge in [0.15, 0.2) is 0 Å². The number of aromatic nitrogens is 2. The van der Waals surface area contributed by atoms with Crippen molar-refractivity contribution in [2.45, 2.75) is 6.92 Å². The second-order valence-corrected chi connectivity index (χ2v) is 6.08. The van der Waals surface area contributed by atoms with Gasteiger partial charge < -0.3 is 19.9 Å². The van der Waals surface area contributed by atoms with Crippen molar-refractivity contribution in [1.29, 1.82) is 5.26 Å². The number of rotatable bonds is 4. The van der Waals surface area contributed by atoms with E-state index in [9.17, 15) is 9.59 Å². The minimum atomic E-state index is -0.385. The zero-order chi connectivity index (χ0) is 19.9. The third kappa shape index (κ3) is 4.54.